The number of aromatic hydroxyl groups is 1. The van der Waals surface area contributed by atoms with Crippen molar-refractivity contribution in [3.8, 4) is 5.75 Å². The van der Waals surface area contributed by atoms with Crippen molar-refractivity contribution < 1.29 is 33.7 Å². The standard InChI is InChI=1S/C30H31NO7/c1-36-16-21-15-23-27(29(34)31(28(23)33)30(35)37-2)24-17-38-25(26(21)24)13-10-20(19-6-4-3-5-7-19)14-18-8-11-22(32)12-9-18/h3-9,11-12,14,23-25,27,32H,10,13,15-17H2,1-2H3/b20-14-/t23-,24+,25-,27-/m1/s1. The predicted molar refractivity (Wildman–Crippen MR) is 140 cm³/mol. The molecule has 1 N–H and O–H groups in total. The SMILES string of the molecule is COCC1=C2[C@@H](CC/C(=C/c3ccc(O)cc3)c3ccccc3)OC[C@@H]2[C@@H]2C(=O)N(C(=O)OC)C(=O)[C@@H]2C1. The van der Waals surface area contributed by atoms with Crippen molar-refractivity contribution in [2.45, 2.75) is 25.4 Å². The third kappa shape index (κ3) is 4.77. The number of phenols is 1. The number of hydrogen-bond acceptors (Lipinski definition) is 7. The zero-order chi connectivity index (χ0) is 26.8. The minimum Gasteiger partial charge on any atom is -0.508 e. The molecule has 2 aromatic rings. The minimum absolute atomic E-state index is 0.215. The summed E-state index contributed by atoms with van der Waals surface area (Å²) >= 11 is 0. The van der Waals surface area contributed by atoms with E-state index in [1.165, 1.54) is 0 Å². The van der Waals surface area contributed by atoms with Gasteiger partial charge in [-0.15, -0.1) is 0 Å². The van der Waals surface area contributed by atoms with Crippen LogP contribution in [-0.4, -0.2) is 61.5 Å². The second kappa shape index (κ2) is 10.9. The van der Waals surface area contributed by atoms with Crippen LogP contribution in [0.15, 0.2) is 65.7 Å². The molecule has 0 radical (unpaired) electrons. The van der Waals surface area contributed by atoms with Crippen molar-refractivity contribution in [1.82, 2.24) is 4.90 Å². The molecule has 2 fully saturated rings. The zero-order valence-corrected chi connectivity index (χ0v) is 21.5. The van der Waals surface area contributed by atoms with E-state index in [9.17, 15) is 19.5 Å². The molecule has 2 saturated heterocycles. The molecule has 5 rings (SSSR count). The fourth-order valence-corrected chi connectivity index (χ4v) is 6.06. The third-order valence-corrected chi connectivity index (χ3v) is 7.74. The number of imide groups is 3. The molecule has 8 heteroatoms. The van der Waals surface area contributed by atoms with Crippen LogP contribution in [0, 0.1) is 17.8 Å². The van der Waals surface area contributed by atoms with Crippen molar-refractivity contribution in [3.05, 3.63) is 76.9 Å². The first-order valence-electron chi connectivity index (χ1n) is 12.8. The number of ether oxygens (including phenoxy) is 3. The van der Waals surface area contributed by atoms with Gasteiger partial charge >= 0.3 is 6.09 Å². The average molecular weight is 518 g/mol. The Morgan fingerprint density at radius 2 is 1.79 bits per heavy atom. The molecule has 0 saturated carbocycles. The van der Waals surface area contributed by atoms with E-state index >= 15 is 0 Å². The first-order chi connectivity index (χ1) is 18.4. The summed E-state index contributed by atoms with van der Waals surface area (Å²) in [5.74, 6) is -2.33. The maximum Gasteiger partial charge on any atom is 0.423 e. The summed E-state index contributed by atoms with van der Waals surface area (Å²) in [5.41, 5.74) is 5.19. The van der Waals surface area contributed by atoms with Gasteiger partial charge in [0, 0.05) is 13.0 Å². The molecule has 0 bridgehead atoms. The van der Waals surface area contributed by atoms with Crippen LogP contribution >= 0.6 is 0 Å². The van der Waals surface area contributed by atoms with Crippen LogP contribution in [0.2, 0.25) is 0 Å². The smallest absolute Gasteiger partial charge is 0.423 e. The van der Waals surface area contributed by atoms with Gasteiger partial charge in [0.15, 0.2) is 0 Å². The van der Waals surface area contributed by atoms with Gasteiger partial charge in [0.1, 0.15) is 5.75 Å². The Hall–Kier alpha value is -3.75. The van der Waals surface area contributed by atoms with Crippen LogP contribution in [0.5, 0.6) is 5.75 Å². The number of nitrogens with zero attached hydrogens (tertiary/aromatic N) is 1. The molecular weight excluding hydrogens is 486 g/mol. The zero-order valence-electron chi connectivity index (χ0n) is 21.5. The summed E-state index contributed by atoms with van der Waals surface area (Å²) in [6, 6.07) is 17.2. The van der Waals surface area contributed by atoms with Crippen LogP contribution in [0.1, 0.15) is 30.4 Å². The van der Waals surface area contributed by atoms with Crippen LogP contribution in [0.4, 0.5) is 4.79 Å². The van der Waals surface area contributed by atoms with E-state index in [-0.39, 0.29) is 17.8 Å². The molecule has 4 atom stereocenters. The second-order valence-electron chi connectivity index (χ2n) is 9.90. The molecule has 1 aliphatic carbocycles. The van der Waals surface area contributed by atoms with Crippen molar-refractivity contribution in [2.75, 3.05) is 27.4 Å². The quantitative estimate of drug-likeness (QED) is 0.329. The van der Waals surface area contributed by atoms with Gasteiger partial charge in [0.2, 0.25) is 11.8 Å². The molecule has 198 valence electrons. The number of hydrogen-bond donors (Lipinski definition) is 1. The first kappa shape index (κ1) is 25.9. The summed E-state index contributed by atoms with van der Waals surface area (Å²) in [5, 5.41) is 9.67. The molecule has 3 aliphatic rings. The number of amides is 3. The number of benzene rings is 2. The number of allylic oxidation sites excluding steroid dienone is 1. The average Bonchev–Trinajstić information content (AvgIpc) is 3.46. The summed E-state index contributed by atoms with van der Waals surface area (Å²) in [6.07, 6.45) is 2.69. The minimum atomic E-state index is -0.938. The van der Waals surface area contributed by atoms with Gasteiger partial charge in [-0.3, -0.25) is 9.59 Å². The Labute approximate surface area is 221 Å². The second-order valence-corrected chi connectivity index (χ2v) is 9.90. The molecule has 38 heavy (non-hydrogen) atoms. The van der Waals surface area contributed by atoms with E-state index in [0.717, 1.165) is 35.0 Å². The van der Waals surface area contributed by atoms with Crippen LogP contribution in [-0.2, 0) is 23.8 Å². The number of carbonyl (C=O) groups is 3. The number of fused-ring (bicyclic) bond motifs is 3. The lowest BCUT2D eigenvalue weighted by atomic mass is 9.69. The Morgan fingerprint density at radius 1 is 1.05 bits per heavy atom. The number of phenolic OH excluding ortho intramolecular Hbond substituents is 1. The summed E-state index contributed by atoms with van der Waals surface area (Å²) in [6.45, 7) is 0.647. The Balaban J connectivity index is 1.42. The lowest BCUT2D eigenvalue weighted by Crippen LogP contribution is -2.38. The van der Waals surface area contributed by atoms with Crippen molar-refractivity contribution in [3.63, 3.8) is 0 Å². The van der Waals surface area contributed by atoms with E-state index in [1.807, 2.05) is 30.3 Å². The van der Waals surface area contributed by atoms with Crippen molar-refractivity contribution in [2.24, 2.45) is 17.8 Å². The highest BCUT2D eigenvalue weighted by molar-refractivity contribution is 6.16. The topological polar surface area (TPSA) is 102 Å². The highest BCUT2D eigenvalue weighted by Gasteiger charge is 2.58. The van der Waals surface area contributed by atoms with Gasteiger partial charge in [-0.05, 0) is 59.2 Å². The van der Waals surface area contributed by atoms with Gasteiger partial charge in [-0.25, -0.2) is 4.79 Å². The fraction of sp³-hybridized carbons (Fsp3) is 0.367. The van der Waals surface area contributed by atoms with E-state index in [1.54, 1.807) is 19.2 Å². The fourth-order valence-electron chi connectivity index (χ4n) is 6.06. The first-order valence-corrected chi connectivity index (χ1v) is 12.8. The molecule has 0 unspecified atom stereocenters. The number of methoxy groups -OCH3 is 2. The van der Waals surface area contributed by atoms with E-state index in [0.29, 0.717) is 37.4 Å². The predicted octanol–water partition coefficient (Wildman–Crippen LogP) is 4.44. The van der Waals surface area contributed by atoms with Gasteiger partial charge < -0.3 is 19.3 Å². The largest absolute Gasteiger partial charge is 0.508 e. The maximum absolute atomic E-state index is 13.2. The molecule has 2 aromatic carbocycles. The molecule has 0 aromatic heterocycles. The molecule has 2 heterocycles. The molecular formula is C30H31NO7. The highest BCUT2D eigenvalue weighted by Crippen LogP contribution is 2.50. The molecule has 2 aliphatic heterocycles. The normalized spacial score (nSPS) is 25.0. The van der Waals surface area contributed by atoms with Crippen LogP contribution in [0.3, 0.4) is 0 Å². The van der Waals surface area contributed by atoms with Crippen LogP contribution in [0.25, 0.3) is 11.6 Å². The Morgan fingerprint density at radius 3 is 2.47 bits per heavy atom. The lowest BCUT2D eigenvalue weighted by Gasteiger charge is -2.31. The maximum atomic E-state index is 13.2. The Bertz CT molecular complexity index is 1280. The highest BCUT2D eigenvalue weighted by atomic mass is 16.5. The van der Waals surface area contributed by atoms with Gasteiger partial charge in [0.05, 0.1) is 38.3 Å². The van der Waals surface area contributed by atoms with E-state index in [2.05, 4.69) is 18.2 Å². The van der Waals surface area contributed by atoms with Gasteiger partial charge in [-0.1, -0.05) is 48.5 Å². The Kier molecular flexibility index (Phi) is 7.44. The third-order valence-electron chi connectivity index (χ3n) is 7.74. The summed E-state index contributed by atoms with van der Waals surface area (Å²) < 4.78 is 16.5. The summed E-state index contributed by atoms with van der Waals surface area (Å²) in [7, 11) is 2.77. The van der Waals surface area contributed by atoms with E-state index < -0.39 is 29.7 Å². The van der Waals surface area contributed by atoms with Crippen LogP contribution < -0.4 is 0 Å². The number of carbonyl (C=O) groups excluding carboxylic acids is 3. The number of rotatable bonds is 7. The molecule has 8 nitrogen and oxygen atoms in total. The monoisotopic (exact) mass is 517 g/mol. The van der Waals surface area contributed by atoms with Gasteiger partial charge in [0.25, 0.3) is 0 Å². The lowest BCUT2D eigenvalue weighted by molar-refractivity contribution is -0.137. The summed E-state index contributed by atoms with van der Waals surface area (Å²) in [4.78, 5) is 39.1. The van der Waals surface area contributed by atoms with E-state index in [4.69, 9.17) is 14.2 Å². The molecule has 0 spiro atoms. The number of likely N-dealkylation sites (tertiary alicyclic amines) is 1. The van der Waals surface area contributed by atoms with Gasteiger partial charge in [-0.2, -0.15) is 4.90 Å². The molecule has 3 amide bonds. The van der Waals surface area contributed by atoms with Crippen molar-refractivity contribution >= 4 is 29.6 Å². The van der Waals surface area contributed by atoms with Crippen molar-refractivity contribution in [1.29, 1.82) is 0 Å².